The summed E-state index contributed by atoms with van der Waals surface area (Å²) in [5.74, 6) is -4.13. The van der Waals surface area contributed by atoms with Crippen LogP contribution in [0.4, 0.5) is 13.2 Å². The second-order valence-corrected chi connectivity index (χ2v) is 5.38. The Hall–Kier alpha value is -1.81. The summed E-state index contributed by atoms with van der Waals surface area (Å²) in [6.45, 7) is 7.50. The van der Waals surface area contributed by atoms with Gasteiger partial charge >= 0.3 is 0 Å². The zero-order valence-electron chi connectivity index (χ0n) is 12.4. The molecule has 2 rings (SSSR count). The van der Waals surface area contributed by atoms with Crippen molar-refractivity contribution >= 4 is 0 Å². The molecular weight excluding hydrogens is 277 g/mol. The summed E-state index contributed by atoms with van der Waals surface area (Å²) in [7, 11) is 0. The zero-order chi connectivity index (χ0) is 15.9. The summed E-state index contributed by atoms with van der Waals surface area (Å²) in [5.41, 5.74) is 4.29. The Bertz CT molecular complexity index is 658. The van der Waals surface area contributed by atoms with E-state index in [1.165, 1.54) is 0 Å². The molecule has 1 atom stereocenters. The van der Waals surface area contributed by atoms with Crippen molar-refractivity contribution in [2.75, 3.05) is 0 Å². The van der Waals surface area contributed by atoms with Crippen LogP contribution in [0, 0.1) is 45.1 Å². The van der Waals surface area contributed by atoms with Crippen LogP contribution >= 0.6 is 0 Å². The Morgan fingerprint density at radius 2 is 1.24 bits per heavy atom. The third kappa shape index (κ3) is 2.68. The minimum Gasteiger partial charge on any atom is -0.384 e. The molecule has 0 saturated carbocycles. The molecule has 0 radical (unpaired) electrons. The van der Waals surface area contributed by atoms with E-state index in [0.717, 1.165) is 34.4 Å². The molecule has 0 spiro atoms. The minimum atomic E-state index is -1.53. The zero-order valence-corrected chi connectivity index (χ0v) is 12.4. The van der Waals surface area contributed by atoms with Gasteiger partial charge in [-0.25, -0.2) is 13.2 Å². The van der Waals surface area contributed by atoms with Crippen LogP contribution in [0.15, 0.2) is 18.2 Å². The first-order valence-corrected chi connectivity index (χ1v) is 6.63. The number of aryl methyl sites for hydroxylation is 2. The molecule has 2 aromatic carbocycles. The molecule has 0 aliphatic rings. The van der Waals surface area contributed by atoms with E-state index in [4.69, 9.17) is 0 Å². The molecule has 1 unspecified atom stereocenters. The summed E-state index contributed by atoms with van der Waals surface area (Å²) in [5, 5.41) is 10.5. The molecule has 0 bridgehead atoms. The van der Waals surface area contributed by atoms with Crippen LogP contribution in [0.1, 0.15) is 39.5 Å². The van der Waals surface area contributed by atoms with Crippen molar-refractivity contribution in [3.63, 3.8) is 0 Å². The number of benzene rings is 2. The first kappa shape index (κ1) is 15.6. The van der Waals surface area contributed by atoms with Crippen LogP contribution in [0.25, 0.3) is 0 Å². The van der Waals surface area contributed by atoms with Crippen LogP contribution in [0.2, 0.25) is 0 Å². The smallest absolute Gasteiger partial charge is 0.194 e. The van der Waals surface area contributed by atoms with E-state index >= 15 is 0 Å². The highest BCUT2D eigenvalue weighted by Crippen LogP contribution is 2.32. The molecule has 0 aliphatic carbocycles. The van der Waals surface area contributed by atoms with Crippen molar-refractivity contribution in [2.24, 2.45) is 0 Å². The number of rotatable bonds is 2. The molecule has 2 aromatic rings. The predicted molar refractivity (Wildman–Crippen MR) is 75.8 cm³/mol. The second-order valence-electron chi connectivity index (χ2n) is 5.38. The van der Waals surface area contributed by atoms with Gasteiger partial charge in [-0.05, 0) is 73.2 Å². The third-order valence-corrected chi connectivity index (χ3v) is 4.02. The summed E-state index contributed by atoms with van der Waals surface area (Å²) >= 11 is 0. The van der Waals surface area contributed by atoms with Gasteiger partial charge in [0.15, 0.2) is 17.5 Å². The highest BCUT2D eigenvalue weighted by atomic mass is 19.2. The van der Waals surface area contributed by atoms with Gasteiger partial charge < -0.3 is 5.11 Å². The average molecular weight is 294 g/mol. The fourth-order valence-electron chi connectivity index (χ4n) is 2.56. The van der Waals surface area contributed by atoms with Gasteiger partial charge in [-0.2, -0.15) is 0 Å². The molecule has 1 N–H and O–H groups in total. The molecule has 0 heterocycles. The molecule has 0 amide bonds. The van der Waals surface area contributed by atoms with Gasteiger partial charge in [-0.3, -0.25) is 0 Å². The topological polar surface area (TPSA) is 20.2 Å². The lowest BCUT2D eigenvalue weighted by Crippen LogP contribution is -2.09. The Labute approximate surface area is 122 Å². The Balaban J connectivity index is 2.63. The van der Waals surface area contributed by atoms with Gasteiger partial charge in [0.2, 0.25) is 0 Å². The third-order valence-electron chi connectivity index (χ3n) is 4.02. The van der Waals surface area contributed by atoms with E-state index in [1.807, 2.05) is 33.8 Å². The number of aliphatic hydroxyl groups excluding tert-OH is 1. The van der Waals surface area contributed by atoms with Crippen molar-refractivity contribution in [3.8, 4) is 0 Å². The van der Waals surface area contributed by atoms with Gasteiger partial charge in [0, 0.05) is 0 Å². The molecular formula is C17H17F3O. The Morgan fingerprint density at radius 3 is 1.67 bits per heavy atom. The normalized spacial score (nSPS) is 12.6. The molecule has 0 saturated heterocycles. The molecule has 112 valence electrons. The van der Waals surface area contributed by atoms with Crippen LogP contribution in [0.5, 0.6) is 0 Å². The lowest BCUT2D eigenvalue weighted by Gasteiger charge is -2.20. The highest BCUT2D eigenvalue weighted by Gasteiger charge is 2.21. The van der Waals surface area contributed by atoms with E-state index in [-0.39, 0.29) is 5.56 Å². The maximum atomic E-state index is 13.3. The van der Waals surface area contributed by atoms with E-state index in [0.29, 0.717) is 5.56 Å². The quantitative estimate of drug-likeness (QED) is 0.813. The molecule has 4 heteroatoms. The number of hydrogen-bond acceptors (Lipinski definition) is 1. The standard InChI is InChI=1S/C17H17F3O/c1-8-5-9(2)11(4)15(10(8)3)17(21)12-6-13(18)16(20)14(19)7-12/h5-7,17,21H,1-4H3. The van der Waals surface area contributed by atoms with Gasteiger partial charge in [0.1, 0.15) is 6.10 Å². The van der Waals surface area contributed by atoms with E-state index in [1.54, 1.807) is 0 Å². The van der Waals surface area contributed by atoms with Crippen molar-refractivity contribution in [3.05, 3.63) is 69.0 Å². The lowest BCUT2D eigenvalue weighted by atomic mass is 9.88. The maximum absolute atomic E-state index is 13.3. The van der Waals surface area contributed by atoms with Crippen LogP contribution < -0.4 is 0 Å². The minimum absolute atomic E-state index is 0.00241. The molecule has 1 nitrogen and oxygen atoms in total. The van der Waals surface area contributed by atoms with E-state index < -0.39 is 23.6 Å². The maximum Gasteiger partial charge on any atom is 0.194 e. The first-order chi connectivity index (χ1) is 9.73. The van der Waals surface area contributed by atoms with E-state index in [2.05, 4.69) is 0 Å². The SMILES string of the molecule is Cc1cc(C)c(C)c(C(O)c2cc(F)c(F)c(F)c2)c1C. The van der Waals surface area contributed by atoms with Gasteiger partial charge in [-0.1, -0.05) is 6.07 Å². The van der Waals surface area contributed by atoms with Crippen molar-refractivity contribution in [1.29, 1.82) is 0 Å². The fourth-order valence-corrected chi connectivity index (χ4v) is 2.56. The van der Waals surface area contributed by atoms with Gasteiger partial charge in [-0.15, -0.1) is 0 Å². The summed E-state index contributed by atoms with van der Waals surface area (Å²) in [6, 6.07) is 3.66. The van der Waals surface area contributed by atoms with Crippen LogP contribution in [-0.4, -0.2) is 5.11 Å². The van der Waals surface area contributed by atoms with Crippen LogP contribution in [-0.2, 0) is 0 Å². The van der Waals surface area contributed by atoms with Gasteiger partial charge in [0.05, 0.1) is 0 Å². The second kappa shape index (κ2) is 5.53. The van der Waals surface area contributed by atoms with Crippen molar-refractivity contribution in [1.82, 2.24) is 0 Å². The first-order valence-electron chi connectivity index (χ1n) is 6.63. The van der Waals surface area contributed by atoms with Crippen molar-refractivity contribution < 1.29 is 18.3 Å². The number of aliphatic hydroxyl groups is 1. The van der Waals surface area contributed by atoms with Gasteiger partial charge in [0.25, 0.3) is 0 Å². The summed E-state index contributed by atoms with van der Waals surface area (Å²) < 4.78 is 39.7. The molecule has 0 aromatic heterocycles. The van der Waals surface area contributed by atoms with E-state index in [9.17, 15) is 18.3 Å². The van der Waals surface area contributed by atoms with Crippen molar-refractivity contribution in [2.45, 2.75) is 33.8 Å². The molecule has 0 aliphatic heterocycles. The summed E-state index contributed by atoms with van der Waals surface area (Å²) in [6.07, 6.45) is -1.20. The Morgan fingerprint density at radius 1 is 0.810 bits per heavy atom. The number of halogens is 3. The van der Waals surface area contributed by atoms with Crippen LogP contribution in [0.3, 0.4) is 0 Å². The summed E-state index contributed by atoms with van der Waals surface area (Å²) in [4.78, 5) is 0. The number of hydrogen-bond donors (Lipinski definition) is 1. The average Bonchev–Trinajstić information content (AvgIpc) is 2.42. The highest BCUT2D eigenvalue weighted by molar-refractivity contribution is 5.48. The lowest BCUT2D eigenvalue weighted by molar-refractivity contribution is 0.217. The molecule has 0 fully saturated rings. The monoisotopic (exact) mass is 294 g/mol. The fraction of sp³-hybridized carbons (Fsp3) is 0.294. The Kier molecular flexibility index (Phi) is 4.10. The predicted octanol–water partition coefficient (Wildman–Crippen LogP) is 4.42. The molecule has 21 heavy (non-hydrogen) atoms. The largest absolute Gasteiger partial charge is 0.384 e.